The summed E-state index contributed by atoms with van der Waals surface area (Å²) in [7, 11) is 5.82. The molecule has 1 aromatic rings. The van der Waals surface area contributed by atoms with Crippen LogP contribution in [-0.4, -0.2) is 42.9 Å². The standard InChI is InChI=1S/C15H23FN4/c1-19(2)10-12-8-11(4-7-14(12)16)9-18-15(17)20(3)13-5-6-13/h4,7-8,13H,5-6,9-10H2,1-3H3,(H2,17,18). The van der Waals surface area contributed by atoms with E-state index in [2.05, 4.69) is 4.99 Å². The summed E-state index contributed by atoms with van der Waals surface area (Å²) in [5.74, 6) is 0.389. The Kier molecular flexibility index (Phi) is 4.60. The molecule has 4 nitrogen and oxygen atoms in total. The van der Waals surface area contributed by atoms with Crippen LogP contribution < -0.4 is 5.73 Å². The van der Waals surface area contributed by atoms with Crippen LogP contribution in [0.1, 0.15) is 24.0 Å². The molecular weight excluding hydrogens is 255 g/mol. The Hall–Kier alpha value is -1.62. The Morgan fingerprint density at radius 3 is 2.65 bits per heavy atom. The van der Waals surface area contributed by atoms with Gasteiger partial charge in [-0.2, -0.15) is 0 Å². The van der Waals surface area contributed by atoms with Crippen LogP contribution in [0.2, 0.25) is 0 Å². The molecule has 0 bridgehead atoms. The summed E-state index contributed by atoms with van der Waals surface area (Å²) in [5.41, 5.74) is 7.62. The van der Waals surface area contributed by atoms with E-state index < -0.39 is 0 Å². The molecule has 5 heteroatoms. The van der Waals surface area contributed by atoms with Gasteiger partial charge >= 0.3 is 0 Å². The van der Waals surface area contributed by atoms with Crippen LogP contribution in [0.3, 0.4) is 0 Å². The minimum absolute atomic E-state index is 0.172. The van der Waals surface area contributed by atoms with Gasteiger partial charge in [0.2, 0.25) is 0 Å². The van der Waals surface area contributed by atoms with Gasteiger partial charge in [-0.15, -0.1) is 0 Å². The molecule has 0 atom stereocenters. The average Bonchev–Trinajstić information content (AvgIpc) is 3.22. The number of aliphatic imine (C=N–C) groups is 1. The van der Waals surface area contributed by atoms with Crippen molar-refractivity contribution in [2.45, 2.75) is 32.0 Å². The van der Waals surface area contributed by atoms with E-state index in [0.717, 1.165) is 5.56 Å². The second-order valence-electron chi connectivity index (χ2n) is 5.68. The maximum Gasteiger partial charge on any atom is 0.191 e. The third kappa shape index (κ3) is 3.93. The molecule has 1 aliphatic rings. The number of hydrogen-bond acceptors (Lipinski definition) is 2. The maximum absolute atomic E-state index is 13.7. The predicted molar refractivity (Wildman–Crippen MR) is 79.9 cm³/mol. The lowest BCUT2D eigenvalue weighted by Gasteiger charge is -2.17. The molecule has 2 N–H and O–H groups in total. The lowest BCUT2D eigenvalue weighted by Crippen LogP contribution is -2.35. The SMILES string of the molecule is CN(C)Cc1cc(CN=C(N)N(C)C2CC2)ccc1F. The van der Waals surface area contributed by atoms with Crippen LogP contribution in [-0.2, 0) is 13.1 Å². The van der Waals surface area contributed by atoms with Gasteiger partial charge in [-0.05, 0) is 44.6 Å². The fourth-order valence-electron chi connectivity index (χ4n) is 2.12. The summed E-state index contributed by atoms with van der Waals surface area (Å²) in [6.07, 6.45) is 2.38. The molecular formula is C15H23FN4. The molecule has 0 aliphatic heterocycles. The summed E-state index contributed by atoms with van der Waals surface area (Å²) in [6, 6.07) is 5.69. The van der Waals surface area contributed by atoms with Crippen LogP contribution in [0.4, 0.5) is 4.39 Å². The molecule has 1 fully saturated rings. The zero-order chi connectivity index (χ0) is 14.7. The highest BCUT2D eigenvalue weighted by molar-refractivity contribution is 5.78. The van der Waals surface area contributed by atoms with Gasteiger partial charge in [-0.3, -0.25) is 0 Å². The first kappa shape index (κ1) is 14.8. The third-order valence-electron chi connectivity index (χ3n) is 3.48. The van der Waals surface area contributed by atoms with Crippen LogP contribution in [0.15, 0.2) is 23.2 Å². The zero-order valence-corrected chi connectivity index (χ0v) is 12.4. The topological polar surface area (TPSA) is 44.9 Å². The van der Waals surface area contributed by atoms with Gasteiger partial charge in [0.05, 0.1) is 6.54 Å². The molecule has 0 amide bonds. The first-order valence-corrected chi connectivity index (χ1v) is 6.92. The number of rotatable bonds is 5. The predicted octanol–water partition coefficient (Wildman–Crippen LogP) is 1.80. The average molecular weight is 278 g/mol. The number of nitrogens with zero attached hydrogens (tertiary/aromatic N) is 3. The van der Waals surface area contributed by atoms with Crippen molar-refractivity contribution in [1.82, 2.24) is 9.80 Å². The molecule has 0 aromatic heterocycles. The molecule has 0 unspecified atom stereocenters. The first-order valence-electron chi connectivity index (χ1n) is 6.92. The van der Waals surface area contributed by atoms with Crippen molar-refractivity contribution in [3.05, 3.63) is 35.1 Å². The minimum atomic E-state index is -0.172. The second-order valence-corrected chi connectivity index (χ2v) is 5.68. The molecule has 110 valence electrons. The summed E-state index contributed by atoms with van der Waals surface area (Å²) < 4.78 is 13.7. The van der Waals surface area contributed by atoms with Crippen LogP contribution in [0.25, 0.3) is 0 Å². The van der Waals surface area contributed by atoms with Crippen molar-refractivity contribution in [2.24, 2.45) is 10.7 Å². The largest absolute Gasteiger partial charge is 0.370 e. The van der Waals surface area contributed by atoms with Gasteiger partial charge in [-0.25, -0.2) is 9.38 Å². The third-order valence-corrected chi connectivity index (χ3v) is 3.48. The van der Waals surface area contributed by atoms with Gasteiger partial charge in [0.1, 0.15) is 5.82 Å². The Morgan fingerprint density at radius 1 is 1.35 bits per heavy atom. The van der Waals surface area contributed by atoms with E-state index in [0.29, 0.717) is 30.7 Å². The van der Waals surface area contributed by atoms with Gasteiger partial charge in [0.15, 0.2) is 5.96 Å². The summed E-state index contributed by atoms with van der Waals surface area (Å²) >= 11 is 0. The van der Waals surface area contributed by atoms with E-state index in [1.54, 1.807) is 6.07 Å². The highest BCUT2D eigenvalue weighted by Gasteiger charge is 2.27. The first-order chi connectivity index (χ1) is 9.47. The number of nitrogens with two attached hydrogens (primary N) is 1. The quantitative estimate of drug-likeness (QED) is 0.660. The normalized spacial score (nSPS) is 15.8. The minimum Gasteiger partial charge on any atom is -0.370 e. The fourth-order valence-corrected chi connectivity index (χ4v) is 2.12. The van der Waals surface area contributed by atoms with E-state index in [9.17, 15) is 4.39 Å². The highest BCUT2D eigenvalue weighted by Crippen LogP contribution is 2.25. The molecule has 0 spiro atoms. The Morgan fingerprint density at radius 2 is 2.05 bits per heavy atom. The molecule has 0 radical (unpaired) electrons. The molecule has 1 saturated carbocycles. The lowest BCUT2D eigenvalue weighted by molar-refractivity contribution is 0.392. The number of halogens is 1. The summed E-state index contributed by atoms with van der Waals surface area (Å²) in [4.78, 5) is 8.35. The van der Waals surface area contributed by atoms with Gasteiger partial charge < -0.3 is 15.5 Å². The van der Waals surface area contributed by atoms with Crippen LogP contribution >= 0.6 is 0 Å². The summed E-state index contributed by atoms with van der Waals surface area (Å²) in [5, 5.41) is 0. The number of hydrogen-bond donors (Lipinski definition) is 1. The lowest BCUT2D eigenvalue weighted by atomic mass is 10.1. The molecule has 20 heavy (non-hydrogen) atoms. The zero-order valence-electron chi connectivity index (χ0n) is 12.4. The smallest absolute Gasteiger partial charge is 0.191 e. The van der Waals surface area contributed by atoms with Crippen molar-refractivity contribution < 1.29 is 4.39 Å². The van der Waals surface area contributed by atoms with Crippen molar-refractivity contribution in [3.8, 4) is 0 Å². The van der Waals surface area contributed by atoms with Gasteiger partial charge in [0.25, 0.3) is 0 Å². The van der Waals surface area contributed by atoms with E-state index >= 15 is 0 Å². The van der Waals surface area contributed by atoms with Crippen LogP contribution in [0, 0.1) is 5.82 Å². The Labute approximate surface area is 120 Å². The maximum atomic E-state index is 13.7. The van der Waals surface area contributed by atoms with Gasteiger partial charge in [0, 0.05) is 25.2 Å². The second kappa shape index (κ2) is 6.22. The van der Waals surface area contributed by atoms with Crippen molar-refractivity contribution >= 4 is 5.96 Å². The van der Waals surface area contributed by atoms with Crippen molar-refractivity contribution in [3.63, 3.8) is 0 Å². The molecule has 0 saturated heterocycles. The summed E-state index contributed by atoms with van der Waals surface area (Å²) in [6.45, 7) is 1.07. The molecule has 0 heterocycles. The van der Waals surface area contributed by atoms with Crippen molar-refractivity contribution in [2.75, 3.05) is 21.1 Å². The Bertz CT molecular complexity index is 495. The Balaban J connectivity index is 2.03. The number of guanidine groups is 1. The van der Waals surface area contributed by atoms with E-state index in [1.807, 2.05) is 37.0 Å². The van der Waals surface area contributed by atoms with E-state index in [1.165, 1.54) is 18.9 Å². The van der Waals surface area contributed by atoms with Crippen molar-refractivity contribution in [1.29, 1.82) is 0 Å². The van der Waals surface area contributed by atoms with Crippen LogP contribution in [0.5, 0.6) is 0 Å². The highest BCUT2D eigenvalue weighted by atomic mass is 19.1. The van der Waals surface area contributed by atoms with E-state index in [-0.39, 0.29) is 5.82 Å². The van der Waals surface area contributed by atoms with Gasteiger partial charge in [-0.1, -0.05) is 6.07 Å². The molecule has 1 aromatic carbocycles. The monoisotopic (exact) mass is 278 g/mol. The fraction of sp³-hybridized carbons (Fsp3) is 0.533. The molecule has 2 rings (SSSR count). The molecule has 1 aliphatic carbocycles. The van der Waals surface area contributed by atoms with E-state index in [4.69, 9.17) is 5.73 Å². The number of benzene rings is 1.